The fourth-order valence-corrected chi connectivity index (χ4v) is 5.81. The predicted molar refractivity (Wildman–Crippen MR) is 91.0 cm³/mol. The first-order chi connectivity index (χ1) is 12.1. The Balaban J connectivity index is 1.40. The minimum Gasteiger partial charge on any atom is -0.372 e. The summed E-state index contributed by atoms with van der Waals surface area (Å²) in [6.45, 7) is 1.33. The molecule has 2 aromatic rings. The number of carbonyl (C=O) groups excluding carboxylic acids is 1. The molecule has 1 aliphatic carbocycles. The predicted octanol–water partition coefficient (Wildman–Crippen LogP) is 3.23. The van der Waals surface area contributed by atoms with Crippen LogP contribution in [0.3, 0.4) is 0 Å². The highest BCUT2D eigenvalue weighted by Gasteiger charge is 2.47. The first kappa shape index (κ1) is 16.0. The number of piperidine rings is 1. The van der Waals surface area contributed by atoms with E-state index >= 15 is 0 Å². The van der Waals surface area contributed by atoms with Gasteiger partial charge < -0.3 is 4.74 Å². The van der Waals surface area contributed by atoms with Gasteiger partial charge in [-0.2, -0.15) is 0 Å². The molecule has 2 bridgehead atoms. The molecule has 0 unspecified atom stereocenters. The molecule has 4 fully saturated rings. The summed E-state index contributed by atoms with van der Waals surface area (Å²) in [6, 6.07) is 1.73. The van der Waals surface area contributed by atoms with Gasteiger partial charge in [0.1, 0.15) is 4.83 Å². The van der Waals surface area contributed by atoms with Crippen LogP contribution >= 0.6 is 22.7 Å². The first-order valence-electron chi connectivity index (χ1n) is 8.43. The third-order valence-corrected chi connectivity index (χ3v) is 7.28. The maximum atomic E-state index is 13.2. The van der Waals surface area contributed by atoms with Crippen molar-refractivity contribution in [3.05, 3.63) is 16.5 Å². The van der Waals surface area contributed by atoms with Crippen molar-refractivity contribution in [3.63, 3.8) is 0 Å². The number of aromatic nitrogens is 1. The summed E-state index contributed by atoms with van der Waals surface area (Å²) in [5, 5.41) is 3.77. The Kier molecular flexibility index (Phi) is 3.81. The Morgan fingerprint density at radius 1 is 1.32 bits per heavy atom. The van der Waals surface area contributed by atoms with Crippen LogP contribution in [0.5, 0.6) is 0 Å². The van der Waals surface area contributed by atoms with Crippen LogP contribution < -0.4 is 0 Å². The summed E-state index contributed by atoms with van der Waals surface area (Å²) in [4.78, 5) is 18.9. The summed E-state index contributed by atoms with van der Waals surface area (Å²) in [5.74, 6) is -0.682. The minimum absolute atomic E-state index is 0.0887. The van der Waals surface area contributed by atoms with E-state index in [1.165, 1.54) is 22.7 Å². The van der Waals surface area contributed by atoms with Gasteiger partial charge in [0.2, 0.25) is 6.43 Å². The molecule has 9 heteroatoms. The molecule has 0 radical (unpaired) electrons. The number of carbonyl (C=O) groups is 1. The van der Waals surface area contributed by atoms with Crippen LogP contribution in [0.2, 0.25) is 0 Å². The summed E-state index contributed by atoms with van der Waals surface area (Å²) in [5.41, 5.74) is 1.77. The summed E-state index contributed by atoms with van der Waals surface area (Å²) in [6.07, 6.45) is -0.214. The average Bonchev–Trinajstić information content (AvgIpc) is 3.10. The molecule has 0 N–H and O–H groups in total. The van der Waals surface area contributed by atoms with Gasteiger partial charge in [-0.05, 0) is 18.9 Å². The van der Waals surface area contributed by atoms with E-state index in [1.54, 1.807) is 10.5 Å². The molecule has 2 atom stereocenters. The number of hydrogen-bond donors (Lipinski definition) is 0. The lowest BCUT2D eigenvalue weighted by Gasteiger charge is -2.54. The summed E-state index contributed by atoms with van der Waals surface area (Å²) >= 11 is 2.89. The quantitative estimate of drug-likeness (QED) is 0.811. The van der Waals surface area contributed by atoms with Crippen LogP contribution in [0.25, 0.3) is 9.53 Å². The number of alkyl halides is 2. The molecule has 0 spiro atoms. The summed E-state index contributed by atoms with van der Waals surface area (Å²) < 4.78 is 32.5. The van der Waals surface area contributed by atoms with Crippen LogP contribution in [-0.2, 0) is 4.74 Å². The number of fused-ring (bicyclic) bond motifs is 3. The number of hydrazine groups is 1. The van der Waals surface area contributed by atoms with E-state index in [0.29, 0.717) is 30.8 Å². The van der Waals surface area contributed by atoms with E-state index < -0.39 is 12.3 Å². The maximum absolute atomic E-state index is 13.2. The molecule has 0 aromatic carbocycles. The van der Waals surface area contributed by atoms with Crippen LogP contribution in [-0.4, -0.2) is 58.7 Å². The Hall–Kier alpha value is -1.16. The highest BCUT2D eigenvalue weighted by molar-refractivity contribution is 7.27. The third-order valence-electron chi connectivity index (χ3n) is 5.34. The number of halogens is 2. The van der Waals surface area contributed by atoms with E-state index in [9.17, 15) is 13.6 Å². The van der Waals surface area contributed by atoms with Gasteiger partial charge in [-0.25, -0.2) is 18.8 Å². The van der Waals surface area contributed by atoms with Crippen molar-refractivity contribution < 1.29 is 18.3 Å². The zero-order valence-electron chi connectivity index (χ0n) is 13.3. The zero-order chi connectivity index (χ0) is 17.1. The monoisotopic (exact) mass is 385 g/mol. The van der Waals surface area contributed by atoms with Crippen molar-refractivity contribution in [2.24, 2.45) is 5.92 Å². The van der Waals surface area contributed by atoms with Crippen molar-refractivity contribution in [2.75, 3.05) is 13.1 Å². The Morgan fingerprint density at radius 3 is 2.68 bits per heavy atom. The lowest BCUT2D eigenvalue weighted by atomic mass is 9.80. The van der Waals surface area contributed by atoms with Gasteiger partial charge in [0.15, 0.2) is 0 Å². The van der Waals surface area contributed by atoms with E-state index in [2.05, 4.69) is 4.98 Å². The van der Waals surface area contributed by atoms with Crippen molar-refractivity contribution in [1.82, 2.24) is 15.0 Å². The molecule has 1 amide bonds. The van der Waals surface area contributed by atoms with E-state index in [0.717, 1.165) is 16.0 Å². The molecule has 1 saturated carbocycles. The largest absolute Gasteiger partial charge is 0.372 e. The topological polar surface area (TPSA) is 45.7 Å². The molecule has 134 valence electrons. The highest BCUT2D eigenvalue weighted by atomic mass is 32.1. The summed E-state index contributed by atoms with van der Waals surface area (Å²) in [7, 11) is 0. The molecular weight excluding hydrogens is 368 g/mol. The average molecular weight is 385 g/mol. The number of thiophene rings is 1. The van der Waals surface area contributed by atoms with E-state index in [-0.39, 0.29) is 24.2 Å². The molecule has 6 rings (SSSR count). The fourth-order valence-electron chi connectivity index (χ4n) is 3.96. The van der Waals surface area contributed by atoms with Crippen LogP contribution in [0, 0.1) is 5.92 Å². The number of ether oxygens (including phenoxy) is 1. The standard InChI is InChI=1S/C16H17F2N3O2S2/c17-14(18)8-1-9(2-8)21(20-5-10-3-11(6-20)23-10)16(22)13-4-12-15(25-13)19-7-24-12/h4,7-11,14H,1-3,5-6H2/t8?,9?,10-,11-/m1/s1. The minimum atomic E-state index is -2.30. The fraction of sp³-hybridized carbons (Fsp3) is 0.625. The Bertz CT molecular complexity index is 760. The van der Waals surface area contributed by atoms with Crippen molar-refractivity contribution in [2.45, 2.75) is 43.9 Å². The number of amides is 1. The van der Waals surface area contributed by atoms with Crippen LogP contribution in [0.15, 0.2) is 11.6 Å². The van der Waals surface area contributed by atoms with Gasteiger partial charge >= 0.3 is 0 Å². The molecule has 3 saturated heterocycles. The molecule has 5 heterocycles. The molecule has 4 aliphatic rings. The number of morpholine rings is 1. The van der Waals surface area contributed by atoms with Crippen LogP contribution in [0.1, 0.15) is 28.9 Å². The van der Waals surface area contributed by atoms with E-state index in [1.807, 2.05) is 11.1 Å². The maximum Gasteiger partial charge on any atom is 0.278 e. The SMILES string of the molecule is O=C(c1cc2scnc2s1)N(C1CC(C(F)F)C1)N1C[C@H]2C[C@H](C1)O2. The lowest BCUT2D eigenvalue weighted by Crippen LogP contribution is -2.66. The second-order valence-corrected chi connectivity index (χ2v) is 8.91. The normalized spacial score (nSPS) is 31.8. The van der Waals surface area contributed by atoms with Gasteiger partial charge in [0.05, 0.1) is 27.3 Å². The molecule has 25 heavy (non-hydrogen) atoms. The van der Waals surface area contributed by atoms with Crippen molar-refractivity contribution >= 4 is 38.1 Å². The Morgan fingerprint density at radius 2 is 2.04 bits per heavy atom. The van der Waals surface area contributed by atoms with Gasteiger partial charge in [0.25, 0.3) is 5.91 Å². The first-order valence-corrected chi connectivity index (χ1v) is 10.1. The van der Waals surface area contributed by atoms with Gasteiger partial charge in [-0.3, -0.25) is 9.80 Å². The van der Waals surface area contributed by atoms with Crippen LogP contribution in [0.4, 0.5) is 8.78 Å². The smallest absolute Gasteiger partial charge is 0.278 e. The highest BCUT2D eigenvalue weighted by Crippen LogP contribution is 2.40. The molecule has 3 aliphatic heterocycles. The van der Waals surface area contributed by atoms with E-state index in [4.69, 9.17) is 4.74 Å². The number of nitrogens with zero attached hydrogens (tertiary/aromatic N) is 3. The lowest BCUT2D eigenvalue weighted by molar-refractivity contribution is -0.229. The molecule has 5 nitrogen and oxygen atoms in total. The Labute approximate surface area is 151 Å². The van der Waals surface area contributed by atoms with Gasteiger partial charge in [-0.1, -0.05) is 0 Å². The van der Waals surface area contributed by atoms with Gasteiger partial charge in [0, 0.05) is 31.5 Å². The third kappa shape index (κ3) is 2.68. The molecule has 2 aromatic heterocycles. The van der Waals surface area contributed by atoms with Gasteiger partial charge in [-0.15, -0.1) is 22.7 Å². The second-order valence-electron chi connectivity index (χ2n) is 6.99. The number of rotatable bonds is 4. The number of hydrogen-bond acceptors (Lipinski definition) is 6. The zero-order valence-corrected chi connectivity index (χ0v) is 14.9. The molecular formula is C16H17F2N3O2S2. The number of thiazole rings is 1. The van der Waals surface area contributed by atoms with Crippen molar-refractivity contribution in [1.29, 1.82) is 0 Å². The second kappa shape index (κ2) is 5.94. The van der Waals surface area contributed by atoms with Crippen molar-refractivity contribution in [3.8, 4) is 0 Å².